The molecular weight excluding hydrogens is 292 g/mol. The van der Waals surface area contributed by atoms with Crippen molar-refractivity contribution in [1.29, 1.82) is 0 Å². The zero-order chi connectivity index (χ0) is 15.8. The van der Waals surface area contributed by atoms with Crippen molar-refractivity contribution in [2.45, 2.75) is 33.6 Å². The van der Waals surface area contributed by atoms with Crippen molar-refractivity contribution in [3.63, 3.8) is 0 Å². The van der Waals surface area contributed by atoms with E-state index in [1.807, 2.05) is 0 Å². The fourth-order valence-electron chi connectivity index (χ4n) is 1.70. The van der Waals surface area contributed by atoms with Crippen LogP contribution in [0.3, 0.4) is 0 Å². The lowest BCUT2D eigenvalue weighted by Crippen LogP contribution is -2.11. The molecule has 118 valence electrons. The fourth-order valence-corrected chi connectivity index (χ4v) is 2.73. The number of unbranched alkanes of at least 4 members (excludes halogenated alkanes) is 1. The Hall–Kier alpha value is -1.76. The van der Waals surface area contributed by atoms with E-state index in [0.29, 0.717) is 11.5 Å². The van der Waals surface area contributed by atoms with E-state index in [2.05, 4.69) is 12.2 Å². The minimum atomic E-state index is -0.527. The first-order chi connectivity index (χ1) is 10.1. The number of anilines is 2. The van der Waals surface area contributed by atoms with E-state index >= 15 is 0 Å². The third-order valence-corrected chi connectivity index (χ3v) is 3.84. The number of thiophene rings is 1. The molecule has 0 fully saturated rings. The number of nitrogen functional groups attached to an aromatic ring is 1. The van der Waals surface area contributed by atoms with Crippen molar-refractivity contribution in [2.24, 2.45) is 0 Å². The van der Waals surface area contributed by atoms with Gasteiger partial charge in [-0.2, -0.15) is 0 Å². The first-order valence-electron chi connectivity index (χ1n) is 7.07. The minimum Gasteiger partial charge on any atom is -0.462 e. The van der Waals surface area contributed by atoms with E-state index in [1.165, 1.54) is 0 Å². The summed E-state index contributed by atoms with van der Waals surface area (Å²) in [5.74, 6) is -1.05. The standard InChI is InChI=1S/C14H22N2O4S/c1-4-7-8-16-12-9(13(17)19-5-2)10(15)11(21-12)14(18)20-6-3/h16H,4-8,15H2,1-3H3. The van der Waals surface area contributed by atoms with Crippen molar-refractivity contribution in [2.75, 3.05) is 30.8 Å². The number of nitrogens with two attached hydrogens (primary N) is 1. The van der Waals surface area contributed by atoms with E-state index in [9.17, 15) is 9.59 Å². The molecule has 1 rings (SSSR count). The molecule has 0 unspecified atom stereocenters. The molecule has 0 aromatic carbocycles. The highest BCUT2D eigenvalue weighted by molar-refractivity contribution is 7.19. The second-order valence-corrected chi connectivity index (χ2v) is 5.29. The van der Waals surface area contributed by atoms with E-state index < -0.39 is 11.9 Å². The molecule has 0 atom stereocenters. The molecule has 0 aliphatic carbocycles. The molecule has 0 aliphatic heterocycles. The summed E-state index contributed by atoms with van der Waals surface area (Å²) in [6.45, 7) is 6.71. The van der Waals surface area contributed by atoms with Crippen molar-refractivity contribution in [1.82, 2.24) is 0 Å². The van der Waals surface area contributed by atoms with Crippen LogP contribution in [-0.2, 0) is 9.47 Å². The van der Waals surface area contributed by atoms with Crippen LogP contribution in [0, 0.1) is 0 Å². The molecule has 0 bridgehead atoms. The van der Waals surface area contributed by atoms with E-state index in [0.717, 1.165) is 24.2 Å². The number of hydrogen-bond acceptors (Lipinski definition) is 7. The number of hydrogen-bond donors (Lipinski definition) is 2. The number of nitrogens with one attached hydrogen (secondary N) is 1. The molecule has 0 saturated carbocycles. The molecule has 0 spiro atoms. The average Bonchev–Trinajstić information content (AvgIpc) is 2.77. The molecule has 21 heavy (non-hydrogen) atoms. The van der Waals surface area contributed by atoms with Gasteiger partial charge in [0.2, 0.25) is 0 Å². The summed E-state index contributed by atoms with van der Waals surface area (Å²) in [5.41, 5.74) is 6.28. The molecule has 7 heteroatoms. The van der Waals surface area contributed by atoms with Gasteiger partial charge in [0.1, 0.15) is 15.4 Å². The molecule has 0 saturated heterocycles. The zero-order valence-electron chi connectivity index (χ0n) is 12.7. The highest BCUT2D eigenvalue weighted by Crippen LogP contribution is 2.36. The SMILES string of the molecule is CCCCNc1sc(C(=O)OCC)c(N)c1C(=O)OCC. The Kier molecular flexibility index (Phi) is 7.01. The molecule has 1 heterocycles. The van der Waals surface area contributed by atoms with Crippen LogP contribution in [0.15, 0.2) is 0 Å². The van der Waals surface area contributed by atoms with Crippen molar-refractivity contribution in [3.8, 4) is 0 Å². The quantitative estimate of drug-likeness (QED) is 0.566. The fraction of sp³-hybridized carbons (Fsp3) is 0.571. The predicted octanol–water partition coefficient (Wildman–Crippen LogP) is 2.90. The Morgan fingerprint density at radius 1 is 1.14 bits per heavy atom. The van der Waals surface area contributed by atoms with Gasteiger partial charge in [-0.1, -0.05) is 13.3 Å². The lowest BCUT2D eigenvalue weighted by molar-refractivity contribution is 0.0528. The van der Waals surface area contributed by atoms with E-state index in [1.54, 1.807) is 13.8 Å². The summed E-state index contributed by atoms with van der Waals surface area (Å²) in [4.78, 5) is 24.1. The van der Waals surface area contributed by atoms with Crippen molar-refractivity contribution in [3.05, 3.63) is 10.4 Å². The highest BCUT2D eigenvalue weighted by atomic mass is 32.1. The maximum atomic E-state index is 12.0. The van der Waals surface area contributed by atoms with Gasteiger partial charge in [-0.15, -0.1) is 11.3 Å². The van der Waals surface area contributed by atoms with Gasteiger partial charge in [-0.25, -0.2) is 9.59 Å². The first-order valence-corrected chi connectivity index (χ1v) is 7.88. The Morgan fingerprint density at radius 3 is 2.33 bits per heavy atom. The molecule has 0 amide bonds. The van der Waals surface area contributed by atoms with Gasteiger partial charge in [0.05, 0.1) is 18.9 Å². The topological polar surface area (TPSA) is 90.6 Å². The van der Waals surface area contributed by atoms with Crippen molar-refractivity contribution < 1.29 is 19.1 Å². The van der Waals surface area contributed by atoms with Gasteiger partial charge in [-0.3, -0.25) is 0 Å². The van der Waals surface area contributed by atoms with Crippen LogP contribution in [0.5, 0.6) is 0 Å². The maximum absolute atomic E-state index is 12.0. The summed E-state index contributed by atoms with van der Waals surface area (Å²) in [6.07, 6.45) is 1.97. The molecule has 1 aromatic rings. The van der Waals surface area contributed by atoms with Crippen LogP contribution < -0.4 is 11.1 Å². The van der Waals surface area contributed by atoms with Crippen LogP contribution in [0.2, 0.25) is 0 Å². The Labute approximate surface area is 128 Å². The first kappa shape index (κ1) is 17.3. The normalized spacial score (nSPS) is 10.2. The molecule has 0 radical (unpaired) electrons. The van der Waals surface area contributed by atoms with Gasteiger partial charge in [0, 0.05) is 6.54 Å². The molecule has 1 aromatic heterocycles. The summed E-state index contributed by atoms with van der Waals surface area (Å²) in [6, 6.07) is 0. The minimum absolute atomic E-state index is 0.121. The van der Waals surface area contributed by atoms with Crippen LogP contribution in [-0.4, -0.2) is 31.7 Å². The third kappa shape index (κ3) is 4.35. The molecule has 6 nitrogen and oxygen atoms in total. The second-order valence-electron chi connectivity index (χ2n) is 4.27. The largest absolute Gasteiger partial charge is 0.462 e. The Balaban J connectivity index is 3.10. The number of ether oxygens (including phenoxy) is 2. The van der Waals surface area contributed by atoms with E-state index in [4.69, 9.17) is 15.2 Å². The summed E-state index contributed by atoms with van der Waals surface area (Å²) >= 11 is 1.13. The zero-order valence-corrected chi connectivity index (χ0v) is 13.5. The van der Waals surface area contributed by atoms with Crippen molar-refractivity contribution >= 4 is 34.0 Å². The Bertz CT molecular complexity index is 499. The predicted molar refractivity (Wildman–Crippen MR) is 84.0 cm³/mol. The lowest BCUT2D eigenvalue weighted by atomic mass is 10.2. The summed E-state index contributed by atoms with van der Waals surface area (Å²) in [5, 5.41) is 3.70. The number of carbonyl (C=O) groups is 2. The molecule has 3 N–H and O–H groups in total. The average molecular weight is 314 g/mol. The van der Waals surface area contributed by atoms with E-state index in [-0.39, 0.29) is 29.3 Å². The van der Waals surface area contributed by atoms with Crippen LogP contribution in [0.4, 0.5) is 10.7 Å². The van der Waals surface area contributed by atoms with Gasteiger partial charge in [0.15, 0.2) is 0 Å². The summed E-state index contributed by atoms with van der Waals surface area (Å²) in [7, 11) is 0. The van der Waals surface area contributed by atoms with Crippen LogP contribution in [0.25, 0.3) is 0 Å². The number of esters is 2. The smallest absolute Gasteiger partial charge is 0.350 e. The molecular formula is C14H22N2O4S. The Morgan fingerprint density at radius 2 is 1.76 bits per heavy atom. The number of carbonyl (C=O) groups excluding carboxylic acids is 2. The number of rotatable bonds is 8. The second kappa shape index (κ2) is 8.51. The van der Waals surface area contributed by atoms with Gasteiger partial charge >= 0.3 is 11.9 Å². The van der Waals surface area contributed by atoms with Crippen LogP contribution in [0.1, 0.15) is 53.6 Å². The van der Waals surface area contributed by atoms with Gasteiger partial charge in [0.25, 0.3) is 0 Å². The third-order valence-electron chi connectivity index (χ3n) is 2.70. The maximum Gasteiger partial charge on any atom is 0.350 e. The monoisotopic (exact) mass is 314 g/mol. The lowest BCUT2D eigenvalue weighted by Gasteiger charge is -2.06. The highest BCUT2D eigenvalue weighted by Gasteiger charge is 2.27. The van der Waals surface area contributed by atoms with Crippen LogP contribution >= 0.6 is 11.3 Å². The molecule has 0 aliphatic rings. The van der Waals surface area contributed by atoms with Gasteiger partial charge in [-0.05, 0) is 20.3 Å². The van der Waals surface area contributed by atoms with Gasteiger partial charge < -0.3 is 20.5 Å². The summed E-state index contributed by atoms with van der Waals surface area (Å²) < 4.78 is 9.96.